The molecule has 2 unspecified atom stereocenters. The predicted octanol–water partition coefficient (Wildman–Crippen LogP) is 3.79. The maximum Gasteiger partial charge on any atom is 0.416 e. The van der Waals surface area contributed by atoms with E-state index in [0.29, 0.717) is 13.0 Å². The van der Waals surface area contributed by atoms with Gasteiger partial charge < -0.3 is 4.74 Å². The SMILES string of the molecule is CCCCCC(C)C(=O)N1C(=O)OCC1Cc1ccccc1. The number of hydrogen-bond donors (Lipinski definition) is 0. The van der Waals surface area contributed by atoms with Crippen molar-refractivity contribution < 1.29 is 14.3 Å². The predicted molar refractivity (Wildman–Crippen MR) is 85.4 cm³/mol. The summed E-state index contributed by atoms with van der Waals surface area (Å²) in [4.78, 5) is 25.8. The number of hydrogen-bond acceptors (Lipinski definition) is 3. The summed E-state index contributed by atoms with van der Waals surface area (Å²) in [6.45, 7) is 4.34. The average molecular weight is 303 g/mol. The number of carbonyl (C=O) groups excluding carboxylic acids is 2. The molecule has 1 fully saturated rings. The number of benzene rings is 1. The van der Waals surface area contributed by atoms with Crippen LogP contribution >= 0.6 is 0 Å². The zero-order chi connectivity index (χ0) is 15.9. The van der Waals surface area contributed by atoms with Crippen LogP contribution in [0, 0.1) is 5.92 Å². The third-order valence-corrected chi connectivity index (χ3v) is 4.17. The van der Waals surface area contributed by atoms with E-state index >= 15 is 0 Å². The fourth-order valence-corrected chi connectivity index (χ4v) is 2.83. The highest BCUT2D eigenvalue weighted by Crippen LogP contribution is 2.22. The molecule has 1 aliphatic rings. The van der Waals surface area contributed by atoms with Gasteiger partial charge in [0.2, 0.25) is 5.91 Å². The summed E-state index contributed by atoms with van der Waals surface area (Å²) in [5.74, 6) is -0.227. The van der Waals surface area contributed by atoms with E-state index in [-0.39, 0.29) is 17.9 Å². The molecule has 1 aliphatic heterocycles. The van der Waals surface area contributed by atoms with Crippen LogP contribution in [0.5, 0.6) is 0 Å². The Balaban J connectivity index is 1.99. The lowest BCUT2D eigenvalue weighted by Gasteiger charge is -2.23. The monoisotopic (exact) mass is 303 g/mol. The fraction of sp³-hybridized carbons (Fsp3) is 0.556. The highest BCUT2D eigenvalue weighted by atomic mass is 16.6. The molecule has 2 rings (SSSR count). The molecule has 0 spiro atoms. The van der Waals surface area contributed by atoms with Crippen molar-refractivity contribution in [2.24, 2.45) is 5.92 Å². The first-order valence-electron chi connectivity index (χ1n) is 8.17. The Bertz CT molecular complexity index is 500. The molecule has 1 saturated heterocycles. The van der Waals surface area contributed by atoms with Crippen LogP contribution in [0.15, 0.2) is 30.3 Å². The number of rotatable bonds is 7. The molecule has 1 aromatic rings. The van der Waals surface area contributed by atoms with E-state index in [1.807, 2.05) is 37.3 Å². The van der Waals surface area contributed by atoms with E-state index in [1.54, 1.807) is 0 Å². The van der Waals surface area contributed by atoms with Gasteiger partial charge in [-0.15, -0.1) is 0 Å². The highest BCUT2D eigenvalue weighted by molar-refractivity contribution is 5.94. The molecule has 0 N–H and O–H groups in total. The fourth-order valence-electron chi connectivity index (χ4n) is 2.83. The number of cyclic esters (lactones) is 1. The molecule has 1 aromatic carbocycles. The summed E-state index contributed by atoms with van der Waals surface area (Å²) < 4.78 is 5.11. The van der Waals surface area contributed by atoms with E-state index in [1.165, 1.54) is 4.90 Å². The molecular weight excluding hydrogens is 278 g/mol. The second kappa shape index (κ2) is 7.97. The van der Waals surface area contributed by atoms with Gasteiger partial charge in [0, 0.05) is 5.92 Å². The number of carbonyl (C=O) groups is 2. The standard InChI is InChI=1S/C18H25NO3/c1-3-4-6-9-14(2)17(20)19-16(13-22-18(19)21)12-15-10-7-5-8-11-15/h5,7-8,10-11,14,16H,3-4,6,9,12-13H2,1-2H3. The molecule has 0 aromatic heterocycles. The Morgan fingerprint density at radius 2 is 2.05 bits per heavy atom. The number of unbranched alkanes of at least 4 members (excludes halogenated alkanes) is 2. The topological polar surface area (TPSA) is 46.6 Å². The molecule has 0 bridgehead atoms. The largest absolute Gasteiger partial charge is 0.447 e. The number of nitrogens with zero attached hydrogens (tertiary/aromatic N) is 1. The minimum Gasteiger partial charge on any atom is -0.447 e. The first-order valence-corrected chi connectivity index (χ1v) is 8.17. The van der Waals surface area contributed by atoms with E-state index < -0.39 is 6.09 Å². The maximum absolute atomic E-state index is 12.6. The van der Waals surface area contributed by atoms with Crippen molar-refractivity contribution in [3.8, 4) is 0 Å². The summed E-state index contributed by atoms with van der Waals surface area (Å²) >= 11 is 0. The maximum atomic E-state index is 12.6. The Hall–Kier alpha value is -1.84. The van der Waals surface area contributed by atoms with Crippen LogP contribution in [0.1, 0.15) is 45.1 Å². The molecule has 4 heteroatoms. The molecule has 22 heavy (non-hydrogen) atoms. The van der Waals surface area contributed by atoms with Gasteiger partial charge in [-0.25, -0.2) is 9.69 Å². The highest BCUT2D eigenvalue weighted by Gasteiger charge is 2.39. The van der Waals surface area contributed by atoms with Crippen molar-refractivity contribution >= 4 is 12.0 Å². The molecule has 120 valence electrons. The summed E-state index contributed by atoms with van der Waals surface area (Å²) in [7, 11) is 0. The molecule has 2 amide bonds. The van der Waals surface area contributed by atoms with Crippen LogP contribution in [0.4, 0.5) is 4.79 Å². The van der Waals surface area contributed by atoms with Crippen LogP contribution in [0.3, 0.4) is 0 Å². The number of amides is 2. The first kappa shape index (κ1) is 16.5. The molecule has 0 saturated carbocycles. The minimum absolute atomic E-state index is 0.0977. The van der Waals surface area contributed by atoms with Gasteiger partial charge in [0.15, 0.2) is 0 Å². The van der Waals surface area contributed by atoms with Gasteiger partial charge >= 0.3 is 6.09 Å². The van der Waals surface area contributed by atoms with E-state index in [0.717, 1.165) is 31.2 Å². The van der Waals surface area contributed by atoms with Gasteiger partial charge in [0.05, 0.1) is 6.04 Å². The van der Waals surface area contributed by atoms with Crippen LogP contribution in [0.2, 0.25) is 0 Å². The van der Waals surface area contributed by atoms with Gasteiger partial charge in [-0.05, 0) is 18.4 Å². The lowest BCUT2D eigenvalue weighted by atomic mass is 10.00. The smallest absolute Gasteiger partial charge is 0.416 e. The normalized spacial score (nSPS) is 19.1. The summed E-state index contributed by atoms with van der Waals surface area (Å²) in [6.07, 6.45) is 4.26. The molecule has 4 nitrogen and oxygen atoms in total. The van der Waals surface area contributed by atoms with Gasteiger partial charge in [-0.1, -0.05) is 63.4 Å². The second-order valence-electron chi connectivity index (χ2n) is 6.03. The first-order chi connectivity index (χ1) is 10.6. The Morgan fingerprint density at radius 3 is 2.73 bits per heavy atom. The zero-order valence-electron chi connectivity index (χ0n) is 13.5. The number of imide groups is 1. The second-order valence-corrected chi connectivity index (χ2v) is 6.03. The van der Waals surface area contributed by atoms with Crippen LogP contribution < -0.4 is 0 Å². The van der Waals surface area contributed by atoms with Crippen molar-refractivity contribution in [2.75, 3.05) is 6.61 Å². The Morgan fingerprint density at radius 1 is 1.32 bits per heavy atom. The third-order valence-electron chi connectivity index (χ3n) is 4.17. The lowest BCUT2D eigenvalue weighted by Crippen LogP contribution is -2.43. The van der Waals surface area contributed by atoms with Crippen molar-refractivity contribution in [3.05, 3.63) is 35.9 Å². The Labute approximate surface area is 132 Å². The molecule has 2 atom stereocenters. The van der Waals surface area contributed by atoms with Crippen molar-refractivity contribution in [2.45, 2.75) is 52.0 Å². The van der Waals surface area contributed by atoms with E-state index in [4.69, 9.17) is 4.74 Å². The molecular formula is C18H25NO3. The third kappa shape index (κ3) is 4.09. The van der Waals surface area contributed by atoms with E-state index in [2.05, 4.69) is 6.92 Å². The Kier molecular flexibility index (Phi) is 5.99. The van der Waals surface area contributed by atoms with Crippen molar-refractivity contribution in [1.82, 2.24) is 4.90 Å². The molecule has 0 aliphatic carbocycles. The van der Waals surface area contributed by atoms with Crippen molar-refractivity contribution in [3.63, 3.8) is 0 Å². The van der Waals surface area contributed by atoms with Crippen molar-refractivity contribution in [1.29, 1.82) is 0 Å². The lowest BCUT2D eigenvalue weighted by molar-refractivity contribution is -0.133. The zero-order valence-corrected chi connectivity index (χ0v) is 13.5. The van der Waals surface area contributed by atoms with E-state index in [9.17, 15) is 9.59 Å². The molecule has 0 radical (unpaired) electrons. The van der Waals surface area contributed by atoms with Crippen LogP contribution in [-0.2, 0) is 16.0 Å². The average Bonchev–Trinajstić information content (AvgIpc) is 2.88. The quantitative estimate of drug-likeness (QED) is 0.720. The van der Waals surface area contributed by atoms with Gasteiger partial charge in [0.25, 0.3) is 0 Å². The molecule has 1 heterocycles. The summed E-state index contributed by atoms with van der Waals surface area (Å²) in [5, 5.41) is 0. The van der Waals surface area contributed by atoms with Gasteiger partial charge in [-0.2, -0.15) is 0 Å². The summed E-state index contributed by atoms with van der Waals surface area (Å²) in [5.41, 5.74) is 1.11. The van der Waals surface area contributed by atoms with Crippen LogP contribution in [0.25, 0.3) is 0 Å². The minimum atomic E-state index is -0.492. The van der Waals surface area contributed by atoms with Gasteiger partial charge in [0.1, 0.15) is 6.61 Å². The number of ether oxygens (including phenoxy) is 1. The van der Waals surface area contributed by atoms with Gasteiger partial charge in [-0.3, -0.25) is 4.79 Å². The van der Waals surface area contributed by atoms with Crippen LogP contribution in [-0.4, -0.2) is 29.5 Å². The summed E-state index contributed by atoms with van der Waals surface area (Å²) in [6, 6.07) is 9.72.